The third-order valence-corrected chi connectivity index (χ3v) is 5.49. The molecule has 0 aliphatic rings. The summed E-state index contributed by atoms with van der Waals surface area (Å²) in [4.78, 5) is 19.0. The van der Waals surface area contributed by atoms with Crippen molar-refractivity contribution in [3.63, 3.8) is 0 Å². The van der Waals surface area contributed by atoms with Gasteiger partial charge in [-0.25, -0.2) is 0 Å². The molecule has 0 radical (unpaired) electrons. The third kappa shape index (κ3) is 7.71. The van der Waals surface area contributed by atoms with Crippen LogP contribution in [0.2, 0.25) is 0 Å². The lowest BCUT2D eigenvalue weighted by Crippen LogP contribution is -2.13. The summed E-state index contributed by atoms with van der Waals surface area (Å²) in [5.41, 5.74) is 2.83. The summed E-state index contributed by atoms with van der Waals surface area (Å²) in [7, 11) is 3.86. The molecule has 0 atom stereocenters. The molecule has 4 aromatic rings. The molecule has 200 valence electrons. The molecule has 0 saturated heterocycles. The van der Waals surface area contributed by atoms with Crippen LogP contribution in [0.3, 0.4) is 0 Å². The maximum absolute atomic E-state index is 12.6. The predicted molar refractivity (Wildman–Crippen MR) is 157 cm³/mol. The number of carbonyl (C=O) groups excluding carboxylic acids is 1. The number of benzene rings is 3. The van der Waals surface area contributed by atoms with E-state index in [0.717, 1.165) is 11.4 Å². The van der Waals surface area contributed by atoms with E-state index in [1.165, 1.54) is 12.3 Å². The summed E-state index contributed by atoms with van der Waals surface area (Å²) in [5, 5.41) is 16.7. The van der Waals surface area contributed by atoms with E-state index < -0.39 is 0 Å². The van der Waals surface area contributed by atoms with Crippen molar-refractivity contribution in [2.24, 2.45) is 0 Å². The van der Waals surface area contributed by atoms with Crippen molar-refractivity contribution in [2.75, 3.05) is 37.9 Å². The number of rotatable bonds is 10. The van der Waals surface area contributed by atoms with Gasteiger partial charge in [-0.3, -0.25) is 9.78 Å². The quantitative estimate of drug-likeness (QED) is 0.220. The van der Waals surface area contributed by atoms with E-state index >= 15 is 0 Å². The van der Waals surface area contributed by atoms with Crippen molar-refractivity contribution in [3.05, 3.63) is 90.6 Å². The summed E-state index contributed by atoms with van der Waals surface area (Å²) in [6.07, 6.45) is 4.79. The Kier molecular flexibility index (Phi) is 10.3. The van der Waals surface area contributed by atoms with Crippen LogP contribution in [0.1, 0.15) is 12.5 Å². The number of hydrogen-bond acceptors (Lipinski definition) is 7. The van der Waals surface area contributed by atoms with Gasteiger partial charge in [-0.15, -0.1) is 12.4 Å². The fourth-order valence-corrected chi connectivity index (χ4v) is 3.73. The van der Waals surface area contributed by atoms with Crippen LogP contribution in [0.4, 0.5) is 17.1 Å². The number of halogens is 1. The molecule has 9 heteroatoms. The Balaban J connectivity index is 0.00000420. The average molecular weight is 544 g/mol. The topological polar surface area (TPSA) is 99.5 Å². The number of nitrogens with zero attached hydrogens (tertiary/aromatic N) is 3. The van der Waals surface area contributed by atoms with E-state index in [1.54, 1.807) is 18.2 Å². The van der Waals surface area contributed by atoms with Crippen molar-refractivity contribution < 1.29 is 14.3 Å². The molecular formula is C30H30ClN5O3. The van der Waals surface area contributed by atoms with E-state index in [1.807, 2.05) is 80.5 Å². The average Bonchev–Trinajstić information content (AvgIpc) is 2.91. The number of likely N-dealkylation sites (N-methyl/N-ethyl adjacent to an activating group) is 1. The lowest BCUT2D eigenvalue weighted by atomic mass is 10.1. The molecular weight excluding hydrogens is 514 g/mol. The number of aromatic nitrogens is 1. The van der Waals surface area contributed by atoms with Crippen molar-refractivity contribution >= 4 is 46.3 Å². The van der Waals surface area contributed by atoms with Gasteiger partial charge in [0.2, 0.25) is 5.91 Å². The maximum atomic E-state index is 12.6. The van der Waals surface area contributed by atoms with Crippen LogP contribution in [0, 0.1) is 11.3 Å². The highest BCUT2D eigenvalue weighted by molar-refractivity contribution is 6.04. The number of carbonyl (C=O) groups is 1. The van der Waals surface area contributed by atoms with Gasteiger partial charge in [-0.1, -0.05) is 24.3 Å². The monoisotopic (exact) mass is 543 g/mol. The van der Waals surface area contributed by atoms with Gasteiger partial charge in [0.1, 0.15) is 23.3 Å². The summed E-state index contributed by atoms with van der Waals surface area (Å²) in [5.74, 6) is 1.66. The van der Waals surface area contributed by atoms with Crippen molar-refractivity contribution in [1.82, 2.24) is 9.88 Å². The second-order valence-corrected chi connectivity index (χ2v) is 8.68. The summed E-state index contributed by atoms with van der Waals surface area (Å²) < 4.78 is 11.7. The first-order chi connectivity index (χ1) is 18.5. The standard InChI is InChI=1S/C30H29N5O3.ClH/c1-4-37-28-18-26-25(17-27(28)34-29(36)11-8-16-35(2)3)30(21(19-31)20-32-26)33-22-12-14-24(15-13-22)38-23-9-6-5-7-10-23;/h5-15,17-18,20H,4,16H2,1-3H3,(H,32,33)(H,34,36);1H/b11-8+;. The molecule has 8 nitrogen and oxygen atoms in total. The van der Waals surface area contributed by atoms with Gasteiger partial charge >= 0.3 is 0 Å². The zero-order valence-corrected chi connectivity index (χ0v) is 22.8. The summed E-state index contributed by atoms with van der Waals surface area (Å²) in [6, 6.07) is 22.7. The number of anilines is 3. The van der Waals surface area contributed by atoms with E-state index in [2.05, 4.69) is 21.7 Å². The highest BCUT2D eigenvalue weighted by Gasteiger charge is 2.15. The van der Waals surface area contributed by atoms with Gasteiger partial charge in [-0.2, -0.15) is 5.26 Å². The molecule has 0 spiro atoms. The van der Waals surface area contributed by atoms with Crippen LogP contribution < -0.4 is 20.1 Å². The van der Waals surface area contributed by atoms with E-state index in [-0.39, 0.29) is 18.3 Å². The Bertz CT molecular complexity index is 1480. The van der Waals surface area contributed by atoms with E-state index in [9.17, 15) is 10.1 Å². The molecule has 2 N–H and O–H groups in total. The van der Waals surface area contributed by atoms with E-state index in [4.69, 9.17) is 9.47 Å². The fourth-order valence-electron chi connectivity index (χ4n) is 3.73. The van der Waals surface area contributed by atoms with Crippen LogP contribution in [0.25, 0.3) is 10.9 Å². The molecule has 1 heterocycles. The molecule has 0 fully saturated rings. The number of nitriles is 1. The number of nitrogens with one attached hydrogen (secondary N) is 2. The largest absolute Gasteiger partial charge is 0.492 e. The Morgan fingerprint density at radius 1 is 1.08 bits per heavy atom. The van der Waals surface area contributed by atoms with Crippen LogP contribution in [0.5, 0.6) is 17.2 Å². The lowest BCUT2D eigenvalue weighted by molar-refractivity contribution is -0.111. The van der Waals surface area contributed by atoms with Crippen molar-refractivity contribution in [2.45, 2.75) is 6.92 Å². The molecule has 0 unspecified atom stereocenters. The molecule has 4 rings (SSSR count). The van der Waals surface area contributed by atoms with Gasteiger partial charge in [0.25, 0.3) is 0 Å². The van der Waals surface area contributed by atoms with Crippen molar-refractivity contribution in [1.29, 1.82) is 5.26 Å². The summed E-state index contributed by atoms with van der Waals surface area (Å²) >= 11 is 0. The van der Waals surface area contributed by atoms with Crippen LogP contribution >= 0.6 is 12.4 Å². The molecule has 3 aromatic carbocycles. The van der Waals surface area contributed by atoms with Gasteiger partial charge in [0, 0.05) is 36.0 Å². The van der Waals surface area contributed by atoms with Crippen molar-refractivity contribution in [3.8, 4) is 23.3 Å². The van der Waals surface area contributed by atoms with E-state index in [0.29, 0.717) is 52.5 Å². The number of hydrogen-bond donors (Lipinski definition) is 2. The normalized spacial score (nSPS) is 10.6. The molecule has 0 aliphatic carbocycles. The maximum Gasteiger partial charge on any atom is 0.248 e. The first kappa shape index (κ1) is 29.0. The van der Waals surface area contributed by atoms with Gasteiger partial charge < -0.3 is 25.0 Å². The second kappa shape index (κ2) is 13.8. The molecule has 0 saturated carbocycles. The number of fused-ring (bicyclic) bond motifs is 1. The Labute approximate surface area is 234 Å². The van der Waals surface area contributed by atoms with Gasteiger partial charge in [-0.05, 0) is 63.5 Å². The Morgan fingerprint density at radius 3 is 2.46 bits per heavy atom. The zero-order chi connectivity index (χ0) is 26.9. The molecule has 0 bridgehead atoms. The highest BCUT2D eigenvalue weighted by Crippen LogP contribution is 2.36. The van der Waals surface area contributed by atoms with Crippen LogP contribution in [-0.4, -0.2) is 43.0 Å². The molecule has 0 aliphatic heterocycles. The smallest absolute Gasteiger partial charge is 0.248 e. The zero-order valence-electron chi connectivity index (χ0n) is 22.0. The minimum Gasteiger partial charge on any atom is -0.492 e. The third-order valence-electron chi connectivity index (χ3n) is 5.49. The minimum atomic E-state index is -0.278. The minimum absolute atomic E-state index is 0. The lowest BCUT2D eigenvalue weighted by Gasteiger charge is -2.16. The number of ether oxygens (including phenoxy) is 2. The number of amides is 1. The first-order valence-electron chi connectivity index (χ1n) is 12.2. The fraction of sp³-hybridized carbons (Fsp3) is 0.167. The predicted octanol–water partition coefficient (Wildman–Crippen LogP) is 6.52. The number of para-hydroxylation sites is 1. The first-order valence-corrected chi connectivity index (χ1v) is 12.2. The molecule has 1 aromatic heterocycles. The molecule has 1 amide bonds. The molecule has 39 heavy (non-hydrogen) atoms. The highest BCUT2D eigenvalue weighted by atomic mass is 35.5. The summed E-state index contributed by atoms with van der Waals surface area (Å²) in [6.45, 7) is 2.93. The van der Waals surface area contributed by atoms with Gasteiger partial charge in [0.05, 0.1) is 29.1 Å². The van der Waals surface area contributed by atoms with Crippen LogP contribution in [-0.2, 0) is 4.79 Å². The Morgan fingerprint density at radius 2 is 1.79 bits per heavy atom. The number of pyridine rings is 1. The second-order valence-electron chi connectivity index (χ2n) is 8.68. The SMILES string of the molecule is CCOc1cc2ncc(C#N)c(Nc3ccc(Oc4ccccc4)cc3)c2cc1NC(=O)/C=C/CN(C)C.Cl. The van der Waals surface area contributed by atoms with Crippen LogP contribution in [0.15, 0.2) is 85.1 Å². The Hall–Kier alpha value is -4.58. The van der Waals surface area contributed by atoms with Gasteiger partial charge in [0.15, 0.2) is 0 Å².